The number of hydrogen-bond donors (Lipinski definition) is 0. The number of rotatable bonds is 9. The van der Waals surface area contributed by atoms with Crippen molar-refractivity contribution < 1.29 is 0 Å². The molecule has 0 amide bonds. The van der Waals surface area contributed by atoms with Crippen LogP contribution in [0.25, 0.3) is 38.9 Å². The molecule has 1 aromatic heterocycles. The molecule has 0 N–H and O–H groups in total. The van der Waals surface area contributed by atoms with Crippen LogP contribution >= 0.6 is 22.6 Å². The van der Waals surface area contributed by atoms with E-state index in [1.165, 1.54) is 40.3 Å². The summed E-state index contributed by atoms with van der Waals surface area (Å²) in [5, 5.41) is 12.1. The van der Waals surface area contributed by atoms with Crippen LogP contribution in [-0.4, -0.2) is 14.0 Å². The molecular formula is C35H36IN3. The molecule has 4 heteroatoms. The molecule has 0 bridgehead atoms. The Hall–Kier alpha value is -3.17. The normalized spacial score (nSPS) is 13.2. The van der Waals surface area contributed by atoms with E-state index in [0.29, 0.717) is 11.5 Å². The molecule has 0 aliphatic heterocycles. The van der Waals surface area contributed by atoms with Gasteiger partial charge in [-0.1, -0.05) is 118 Å². The van der Waals surface area contributed by atoms with E-state index < -0.39 is 0 Å². The van der Waals surface area contributed by atoms with Crippen molar-refractivity contribution in [2.24, 2.45) is 5.92 Å². The summed E-state index contributed by atoms with van der Waals surface area (Å²) < 4.78 is 3.42. The van der Waals surface area contributed by atoms with E-state index in [-0.39, 0.29) is 5.41 Å². The van der Waals surface area contributed by atoms with Gasteiger partial charge in [-0.15, -0.1) is 0 Å². The molecule has 0 fully saturated rings. The van der Waals surface area contributed by atoms with Crippen LogP contribution in [0, 0.1) is 17.2 Å². The average molecular weight is 626 g/mol. The van der Waals surface area contributed by atoms with Crippen molar-refractivity contribution in [1.29, 1.82) is 5.26 Å². The summed E-state index contributed by atoms with van der Waals surface area (Å²) in [5.41, 5.74) is 7.68. The number of alkyl halides is 1. The number of benzene rings is 4. The lowest BCUT2D eigenvalue weighted by Gasteiger charge is -2.30. The Morgan fingerprint density at radius 1 is 1.00 bits per heavy atom. The smallest absolute Gasteiger partial charge is 0.146 e. The Morgan fingerprint density at radius 3 is 2.51 bits per heavy atom. The molecule has 1 atom stereocenters. The molecule has 1 unspecified atom stereocenters. The van der Waals surface area contributed by atoms with Gasteiger partial charge in [0.05, 0.1) is 28.4 Å². The van der Waals surface area contributed by atoms with Crippen LogP contribution < -0.4 is 0 Å². The zero-order valence-corrected chi connectivity index (χ0v) is 25.5. The minimum atomic E-state index is 0.0453. The minimum absolute atomic E-state index is 0.0453. The highest BCUT2D eigenvalue weighted by atomic mass is 127. The minimum Gasteiger partial charge on any atom is -0.291 e. The molecule has 1 heterocycles. The third-order valence-corrected chi connectivity index (χ3v) is 9.50. The summed E-state index contributed by atoms with van der Waals surface area (Å²) in [7, 11) is 0. The first-order valence-corrected chi connectivity index (χ1v) is 15.5. The number of nitriles is 1. The zero-order valence-electron chi connectivity index (χ0n) is 23.3. The second-order valence-electron chi connectivity index (χ2n) is 11.3. The Labute approximate surface area is 246 Å². The lowest BCUT2D eigenvalue weighted by Crippen LogP contribution is -2.25. The van der Waals surface area contributed by atoms with Crippen LogP contribution in [0.4, 0.5) is 0 Å². The standard InChI is InChI=1S/C35H36IN3/c1-5-6-19-35(4,23-36)30-14-10-9-13-29(30)34-38-31-17-16-26-11-7-8-12-28(26)33(31)39(34)32-18-15-25(22-37)21-27(32)20-24(2)3/h7-18,21,24H,5-6,19-20,23H2,1-4H3. The molecule has 5 aromatic rings. The number of hydrogen-bond acceptors (Lipinski definition) is 2. The summed E-state index contributed by atoms with van der Waals surface area (Å²) in [5.74, 6) is 1.43. The van der Waals surface area contributed by atoms with Crippen molar-refractivity contribution in [1.82, 2.24) is 9.55 Å². The predicted octanol–water partition coefficient (Wildman–Crippen LogP) is 9.80. The van der Waals surface area contributed by atoms with E-state index in [1.807, 2.05) is 6.07 Å². The van der Waals surface area contributed by atoms with E-state index >= 15 is 0 Å². The summed E-state index contributed by atoms with van der Waals surface area (Å²) in [6, 6.07) is 30.3. The van der Waals surface area contributed by atoms with Gasteiger partial charge < -0.3 is 0 Å². The van der Waals surface area contributed by atoms with Gasteiger partial charge in [-0.25, -0.2) is 4.98 Å². The SMILES string of the molecule is CCCCC(C)(CI)c1ccccc1-c1nc2ccc3ccccc3c2n1-c1ccc(C#N)cc1CC(C)C. The van der Waals surface area contributed by atoms with Gasteiger partial charge in [0.25, 0.3) is 0 Å². The van der Waals surface area contributed by atoms with Crippen molar-refractivity contribution in [3.63, 3.8) is 0 Å². The highest BCUT2D eigenvalue weighted by Crippen LogP contribution is 2.41. The molecule has 0 aliphatic rings. The lowest BCUT2D eigenvalue weighted by atomic mass is 9.77. The molecule has 5 rings (SSSR count). The fourth-order valence-corrected chi connectivity index (χ4v) is 6.57. The number of imidazole rings is 1. The van der Waals surface area contributed by atoms with Crippen molar-refractivity contribution in [2.75, 3.05) is 4.43 Å². The third kappa shape index (κ3) is 5.22. The number of halogens is 1. The Morgan fingerprint density at radius 2 is 1.77 bits per heavy atom. The Kier molecular flexibility index (Phi) is 8.09. The number of aromatic nitrogens is 2. The second kappa shape index (κ2) is 11.5. The predicted molar refractivity (Wildman–Crippen MR) is 173 cm³/mol. The zero-order chi connectivity index (χ0) is 27.6. The van der Waals surface area contributed by atoms with Crippen LogP contribution in [-0.2, 0) is 11.8 Å². The van der Waals surface area contributed by atoms with Gasteiger partial charge in [0.15, 0.2) is 0 Å². The molecule has 0 saturated carbocycles. The van der Waals surface area contributed by atoms with Gasteiger partial charge in [0.2, 0.25) is 0 Å². The highest BCUT2D eigenvalue weighted by Gasteiger charge is 2.30. The van der Waals surface area contributed by atoms with Crippen LogP contribution in [0.3, 0.4) is 0 Å². The molecular weight excluding hydrogens is 589 g/mol. The van der Waals surface area contributed by atoms with Gasteiger partial charge in [0, 0.05) is 20.8 Å². The fourth-order valence-electron chi connectivity index (χ4n) is 5.78. The Balaban J connectivity index is 1.89. The quantitative estimate of drug-likeness (QED) is 0.121. The highest BCUT2D eigenvalue weighted by molar-refractivity contribution is 14.1. The molecule has 198 valence electrons. The molecule has 0 aliphatic carbocycles. The van der Waals surface area contributed by atoms with Gasteiger partial charge in [-0.3, -0.25) is 4.57 Å². The fraction of sp³-hybridized carbons (Fsp3) is 0.314. The van der Waals surface area contributed by atoms with E-state index in [9.17, 15) is 5.26 Å². The summed E-state index contributed by atoms with van der Waals surface area (Å²) in [6.45, 7) is 9.15. The van der Waals surface area contributed by atoms with Crippen LogP contribution in [0.2, 0.25) is 0 Å². The third-order valence-electron chi connectivity index (χ3n) is 7.81. The maximum atomic E-state index is 9.72. The van der Waals surface area contributed by atoms with Crippen molar-refractivity contribution in [2.45, 2.75) is 58.8 Å². The van der Waals surface area contributed by atoms with Crippen molar-refractivity contribution >= 4 is 44.4 Å². The summed E-state index contributed by atoms with van der Waals surface area (Å²) >= 11 is 2.56. The Bertz CT molecular complexity index is 1670. The molecule has 0 radical (unpaired) electrons. The van der Waals surface area contributed by atoms with Crippen molar-refractivity contribution in [3.05, 3.63) is 95.6 Å². The molecule has 4 aromatic carbocycles. The van der Waals surface area contributed by atoms with E-state index in [2.05, 4.69) is 134 Å². The van der Waals surface area contributed by atoms with Gasteiger partial charge >= 0.3 is 0 Å². The number of nitrogens with zero attached hydrogens (tertiary/aromatic N) is 3. The van der Waals surface area contributed by atoms with E-state index in [1.54, 1.807) is 0 Å². The molecule has 39 heavy (non-hydrogen) atoms. The largest absolute Gasteiger partial charge is 0.291 e. The first-order chi connectivity index (χ1) is 18.9. The van der Waals surface area contributed by atoms with Crippen LogP contribution in [0.15, 0.2) is 78.9 Å². The molecule has 0 saturated heterocycles. The molecule has 0 spiro atoms. The maximum absolute atomic E-state index is 9.72. The summed E-state index contributed by atoms with van der Waals surface area (Å²) in [6.07, 6.45) is 4.41. The van der Waals surface area contributed by atoms with Crippen LogP contribution in [0.1, 0.15) is 63.6 Å². The lowest BCUT2D eigenvalue weighted by molar-refractivity contribution is 0.473. The maximum Gasteiger partial charge on any atom is 0.146 e. The monoisotopic (exact) mass is 625 g/mol. The topological polar surface area (TPSA) is 41.6 Å². The molecule has 3 nitrogen and oxygen atoms in total. The number of fused-ring (bicyclic) bond motifs is 3. The first kappa shape index (κ1) is 27.4. The van der Waals surface area contributed by atoms with E-state index in [0.717, 1.165) is 39.8 Å². The number of unbranched alkanes of at least 4 members (excludes halogenated alkanes) is 1. The first-order valence-electron chi connectivity index (χ1n) is 14.0. The van der Waals surface area contributed by atoms with Gasteiger partial charge in [-0.2, -0.15) is 5.26 Å². The average Bonchev–Trinajstić information content (AvgIpc) is 3.35. The van der Waals surface area contributed by atoms with Crippen LogP contribution in [0.5, 0.6) is 0 Å². The van der Waals surface area contributed by atoms with Crippen molar-refractivity contribution in [3.8, 4) is 23.1 Å². The summed E-state index contributed by atoms with van der Waals surface area (Å²) in [4.78, 5) is 5.36. The van der Waals surface area contributed by atoms with Gasteiger partial charge in [0.1, 0.15) is 5.82 Å². The van der Waals surface area contributed by atoms with Gasteiger partial charge in [-0.05, 0) is 59.5 Å². The second-order valence-corrected chi connectivity index (χ2v) is 12.1. The van der Waals surface area contributed by atoms with E-state index in [4.69, 9.17) is 4.98 Å².